The number of aryl methyl sites for hydroxylation is 3. The molecule has 6 aromatic rings. The maximum atomic E-state index is 2.72. The van der Waals surface area contributed by atoms with Gasteiger partial charge in [-0.15, -0.1) is 11.3 Å². The van der Waals surface area contributed by atoms with Crippen LogP contribution < -0.4 is 21.2 Å². The Bertz CT molecular complexity index is 1940. The van der Waals surface area contributed by atoms with Crippen molar-refractivity contribution in [2.45, 2.75) is 34.1 Å². The average Bonchev–Trinajstić information content (AvgIpc) is 3.50. The van der Waals surface area contributed by atoms with Crippen LogP contribution in [0.5, 0.6) is 0 Å². The van der Waals surface area contributed by atoms with Crippen LogP contribution in [-0.2, 0) is 0 Å². The molecule has 2 aromatic heterocycles. The molecule has 0 radical (unpaired) electrons. The molecule has 0 N–H and O–H groups in total. The lowest BCUT2D eigenvalue weighted by atomic mass is 10.0. The van der Waals surface area contributed by atoms with Crippen LogP contribution in [0.3, 0.4) is 0 Å². The molecular formula is C40H37NP2S. The highest BCUT2D eigenvalue weighted by atomic mass is 32.1. The zero-order valence-corrected chi connectivity index (χ0v) is 28.3. The first-order valence-corrected chi connectivity index (χ1v) is 18.8. The highest BCUT2D eigenvalue weighted by molar-refractivity contribution is 7.77. The highest BCUT2D eigenvalue weighted by Gasteiger charge is 2.33. The van der Waals surface area contributed by atoms with Crippen LogP contribution in [0.1, 0.15) is 28.7 Å². The maximum Gasteiger partial charge on any atom is 0.0599 e. The van der Waals surface area contributed by atoms with Crippen LogP contribution in [0, 0.1) is 26.7 Å². The molecule has 0 fully saturated rings. The number of fused-ring (bicyclic) bond motifs is 1. The van der Waals surface area contributed by atoms with Crippen molar-refractivity contribution in [3.05, 3.63) is 154 Å². The van der Waals surface area contributed by atoms with Crippen molar-refractivity contribution >= 4 is 59.5 Å². The van der Waals surface area contributed by atoms with Crippen LogP contribution in [-0.4, -0.2) is 4.34 Å². The fourth-order valence-corrected chi connectivity index (χ4v) is 13.4. The average molecular weight is 626 g/mol. The van der Waals surface area contributed by atoms with Crippen molar-refractivity contribution in [1.29, 1.82) is 0 Å². The standard InChI is InChI=1S/C40H37NP2S/c1-28-17-16-24-35(27-28)42(32-18-8-5-9-19-32)40-31(4)44-30(3)38(40)39-29(2)36-25-14-15-26-37(36)41(39)43(33-20-10-6-11-21-33)34-22-12-7-13-23-34/h5-26,28H,27H2,1-4H3. The molecule has 0 aliphatic heterocycles. The normalized spacial score (nSPS) is 15.6. The molecule has 1 aliphatic carbocycles. The third-order valence-electron chi connectivity index (χ3n) is 8.55. The molecule has 4 heteroatoms. The minimum absolute atomic E-state index is 0.546. The zero-order valence-electron chi connectivity index (χ0n) is 25.7. The lowest BCUT2D eigenvalue weighted by Crippen LogP contribution is -2.20. The van der Waals surface area contributed by atoms with Gasteiger partial charge >= 0.3 is 0 Å². The van der Waals surface area contributed by atoms with E-state index in [0.717, 1.165) is 6.42 Å². The first-order chi connectivity index (χ1) is 21.5. The predicted octanol–water partition coefficient (Wildman–Crippen LogP) is 10.1. The summed E-state index contributed by atoms with van der Waals surface area (Å²) >= 11 is 1.97. The van der Waals surface area contributed by atoms with Crippen LogP contribution in [0.15, 0.2) is 139 Å². The molecule has 7 rings (SSSR count). The largest absolute Gasteiger partial charge is 0.310 e. The van der Waals surface area contributed by atoms with E-state index in [9.17, 15) is 0 Å². The Morgan fingerprint density at radius 3 is 1.86 bits per heavy atom. The summed E-state index contributed by atoms with van der Waals surface area (Å²) in [6.07, 6.45) is 8.16. The van der Waals surface area contributed by atoms with Gasteiger partial charge in [0.2, 0.25) is 0 Å². The Morgan fingerprint density at radius 2 is 1.25 bits per heavy atom. The summed E-state index contributed by atoms with van der Waals surface area (Å²) in [7, 11) is -1.59. The molecule has 0 bridgehead atoms. The molecule has 0 spiro atoms. The van der Waals surface area contributed by atoms with E-state index in [-0.39, 0.29) is 0 Å². The number of aromatic nitrogens is 1. The Balaban J connectivity index is 1.57. The highest BCUT2D eigenvalue weighted by Crippen LogP contribution is 2.54. The van der Waals surface area contributed by atoms with E-state index in [1.54, 1.807) is 5.31 Å². The van der Waals surface area contributed by atoms with Gasteiger partial charge in [-0.05, 0) is 63.3 Å². The van der Waals surface area contributed by atoms with Gasteiger partial charge in [0.25, 0.3) is 0 Å². The molecule has 0 saturated carbocycles. The number of rotatable bonds is 7. The molecule has 4 aromatic carbocycles. The van der Waals surface area contributed by atoms with Crippen LogP contribution in [0.4, 0.5) is 0 Å². The van der Waals surface area contributed by atoms with Crippen LogP contribution >= 0.6 is 27.3 Å². The molecular weight excluding hydrogens is 588 g/mol. The molecule has 218 valence electrons. The van der Waals surface area contributed by atoms with E-state index in [4.69, 9.17) is 0 Å². The molecule has 0 amide bonds. The minimum Gasteiger partial charge on any atom is -0.310 e. The fraction of sp³-hybridized carbons (Fsp3) is 0.150. The number of hydrogen-bond donors (Lipinski definition) is 0. The topological polar surface area (TPSA) is 4.93 Å². The summed E-state index contributed by atoms with van der Waals surface area (Å²) in [5.74, 6) is 0.546. The summed E-state index contributed by atoms with van der Waals surface area (Å²) in [5, 5.41) is 8.60. The molecule has 44 heavy (non-hydrogen) atoms. The van der Waals surface area contributed by atoms with Crippen molar-refractivity contribution in [1.82, 2.24) is 4.34 Å². The van der Waals surface area contributed by atoms with E-state index in [2.05, 4.69) is 166 Å². The minimum atomic E-state index is -0.877. The predicted molar refractivity (Wildman–Crippen MR) is 198 cm³/mol. The molecule has 2 atom stereocenters. The smallest absolute Gasteiger partial charge is 0.0599 e. The van der Waals surface area contributed by atoms with Crippen molar-refractivity contribution in [3.63, 3.8) is 0 Å². The van der Waals surface area contributed by atoms with E-state index >= 15 is 0 Å². The van der Waals surface area contributed by atoms with Crippen LogP contribution in [0.2, 0.25) is 0 Å². The molecule has 2 unspecified atom stereocenters. The lowest BCUT2D eigenvalue weighted by Gasteiger charge is -2.29. The third-order valence-corrected chi connectivity index (χ3v) is 14.8. The number of nitrogens with zero attached hydrogens (tertiary/aromatic N) is 1. The van der Waals surface area contributed by atoms with Crippen molar-refractivity contribution in [3.8, 4) is 11.3 Å². The number of allylic oxidation sites excluding steroid dienone is 4. The molecule has 2 heterocycles. The Hall–Kier alpha value is -3.54. The van der Waals surface area contributed by atoms with E-state index < -0.39 is 16.0 Å². The summed E-state index contributed by atoms with van der Waals surface area (Å²) in [6.45, 7) is 9.41. The van der Waals surface area contributed by atoms with Gasteiger partial charge in [0.1, 0.15) is 0 Å². The van der Waals surface area contributed by atoms with Gasteiger partial charge in [-0.1, -0.05) is 134 Å². The van der Waals surface area contributed by atoms with E-state index in [1.807, 2.05) is 11.3 Å². The van der Waals surface area contributed by atoms with E-state index in [1.165, 1.54) is 58.7 Å². The molecule has 1 nitrogen and oxygen atoms in total. The Kier molecular flexibility index (Phi) is 8.26. The zero-order chi connectivity index (χ0) is 30.2. The van der Waals surface area contributed by atoms with Crippen molar-refractivity contribution in [2.75, 3.05) is 0 Å². The van der Waals surface area contributed by atoms with Gasteiger partial charge < -0.3 is 4.34 Å². The van der Waals surface area contributed by atoms with Crippen molar-refractivity contribution in [2.24, 2.45) is 5.92 Å². The van der Waals surface area contributed by atoms with Gasteiger partial charge in [0, 0.05) is 36.6 Å². The first-order valence-electron chi connectivity index (χ1n) is 15.4. The summed E-state index contributed by atoms with van der Waals surface area (Å²) < 4.78 is 2.72. The monoisotopic (exact) mass is 625 g/mol. The molecule has 0 saturated heterocycles. The summed E-state index contributed by atoms with van der Waals surface area (Å²) in [6, 6.07) is 42.6. The second-order valence-corrected chi connectivity index (χ2v) is 17.3. The number of para-hydroxylation sites is 1. The summed E-state index contributed by atoms with van der Waals surface area (Å²) in [5.41, 5.74) is 5.51. The number of thiophene rings is 1. The quantitative estimate of drug-likeness (QED) is 0.156. The van der Waals surface area contributed by atoms with Gasteiger partial charge in [-0.2, -0.15) is 0 Å². The van der Waals surface area contributed by atoms with Gasteiger partial charge in [0.15, 0.2) is 0 Å². The lowest BCUT2D eigenvalue weighted by molar-refractivity contribution is 0.729. The first kappa shape index (κ1) is 29.2. The Labute approximate surface area is 268 Å². The van der Waals surface area contributed by atoms with Crippen molar-refractivity contribution < 1.29 is 0 Å². The number of hydrogen-bond acceptors (Lipinski definition) is 1. The van der Waals surface area contributed by atoms with E-state index in [0.29, 0.717) is 5.92 Å². The number of benzene rings is 4. The second kappa shape index (κ2) is 12.5. The summed E-state index contributed by atoms with van der Waals surface area (Å²) in [4.78, 5) is 2.85. The van der Waals surface area contributed by atoms with Gasteiger partial charge in [-0.25, -0.2) is 0 Å². The SMILES string of the molecule is Cc1sc(C)c(P(C2=CC=CC(C)C2)c2ccccc2)c1-c1c(C)c2ccccc2n1P(c1ccccc1)c1ccccc1. The van der Waals surface area contributed by atoms with Gasteiger partial charge in [0.05, 0.1) is 19.3 Å². The van der Waals surface area contributed by atoms with Gasteiger partial charge in [-0.3, -0.25) is 0 Å². The Morgan fingerprint density at radius 1 is 0.682 bits per heavy atom. The third kappa shape index (κ3) is 5.24. The second-order valence-electron chi connectivity index (χ2n) is 11.6. The fourth-order valence-electron chi connectivity index (χ4n) is 6.63. The molecule has 1 aliphatic rings. The van der Waals surface area contributed by atoms with Crippen LogP contribution in [0.25, 0.3) is 22.2 Å². The maximum absolute atomic E-state index is 2.72.